The summed E-state index contributed by atoms with van der Waals surface area (Å²) >= 11 is 5.83. The SMILES string of the molecule is CNc1nc(-c2cccc(Cl)c2)no1. The van der Waals surface area contributed by atoms with Gasteiger partial charge in [0, 0.05) is 17.6 Å². The minimum atomic E-state index is 0.389. The van der Waals surface area contributed by atoms with E-state index in [-0.39, 0.29) is 0 Å². The molecule has 1 aromatic heterocycles. The van der Waals surface area contributed by atoms with Crippen LogP contribution in [-0.4, -0.2) is 17.2 Å². The van der Waals surface area contributed by atoms with Gasteiger partial charge < -0.3 is 9.84 Å². The molecule has 2 aromatic rings. The van der Waals surface area contributed by atoms with Gasteiger partial charge in [-0.1, -0.05) is 28.9 Å². The summed E-state index contributed by atoms with van der Waals surface area (Å²) in [6, 6.07) is 7.68. The topological polar surface area (TPSA) is 51.0 Å². The monoisotopic (exact) mass is 209 g/mol. The van der Waals surface area contributed by atoms with Crippen molar-refractivity contribution in [1.82, 2.24) is 10.1 Å². The predicted octanol–water partition coefficient (Wildman–Crippen LogP) is 2.43. The summed E-state index contributed by atoms with van der Waals surface area (Å²) < 4.78 is 4.89. The summed E-state index contributed by atoms with van der Waals surface area (Å²) in [5.74, 6) is 0.525. The first kappa shape index (κ1) is 9.02. The van der Waals surface area contributed by atoms with Crippen molar-refractivity contribution < 1.29 is 4.52 Å². The number of aromatic nitrogens is 2. The van der Waals surface area contributed by atoms with E-state index in [1.54, 1.807) is 19.2 Å². The second-order valence-corrected chi connectivity index (χ2v) is 3.12. The van der Waals surface area contributed by atoms with Crippen LogP contribution in [0.25, 0.3) is 11.4 Å². The van der Waals surface area contributed by atoms with Crippen molar-refractivity contribution in [2.24, 2.45) is 0 Å². The summed E-state index contributed by atoms with van der Waals surface area (Å²) in [4.78, 5) is 4.09. The van der Waals surface area contributed by atoms with Crippen molar-refractivity contribution in [1.29, 1.82) is 0 Å². The van der Waals surface area contributed by atoms with Crippen LogP contribution in [0.5, 0.6) is 0 Å². The lowest BCUT2D eigenvalue weighted by atomic mass is 10.2. The molecule has 0 radical (unpaired) electrons. The normalized spacial score (nSPS) is 10.1. The molecule has 0 amide bonds. The van der Waals surface area contributed by atoms with Crippen LogP contribution in [0.3, 0.4) is 0 Å². The van der Waals surface area contributed by atoms with E-state index >= 15 is 0 Å². The Morgan fingerprint density at radius 1 is 1.43 bits per heavy atom. The fraction of sp³-hybridized carbons (Fsp3) is 0.111. The van der Waals surface area contributed by atoms with Gasteiger partial charge in [0.25, 0.3) is 0 Å². The van der Waals surface area contributed by atoms with Crippen molar-refractivity contribution in [3.8, 4) is 11.4 Å². The molecule has 5 heteroatoms. The molecule has 1 N–H and O–H groups in total. The van der Waals surface area contributed by atoms with Crippen molar-refractivity contribution >= 4 is 17.6 Å². The first-order valence-corrected chi connectivity index (χ1v) is 4.45. The summed E-state index contributed by atoms with van der Waals surface area (Å²) in [7, 11) is 1.72. The zero-order valence-corrected chi connectivity index (χ0v) is 8.25. The molecule has 0 saturated carbocycles. The summed E-state index contributed by atoms with van der Waals surface area (Å²) in [5, 5.41) is 7.20. The third-order valence-electron chi connectivity index (χ3n) is 1.72. The van der Waals surface area contributed by atoms with Crippen molar-refractivity contribution in [2.75, 3.05) is 12.4 Å². The van der Waals surface area contributed by atoms with Crippen LogP contribution in [0.4, 0.5) is 6.01 Å². The number of nitrogens with one attached hydrogen (secondary N) is 1. The Kier molecular flexibility index (Phi) is 2.37. The predicted molar refractivity (Wildman–Crippen MR) is 54.3 cm³/mol. The fourth-order valence-corrected chi connectivity index (χ4v) is 1.26. The Morgan fingerprint density at radius 3 is 2.93 bits per heavy atom. The lowest BCUT2D eigenvalue weighted by Gasteiger charge is -1.93. The second kappa shape index (κ2) is 3.67. The number of hydrogen-bond donors (Lipinski definition) is 1. The number of nitrogens with zero attached hydrogens (tertiary/aromatic N) is 2. The smallest absolute Gasteiger partial charge is 0.321 e. The van der Waals surface area contributed by atoms with E-state index in [1.165, 1.54) is 0 Å². The maximum absolute atomic E-state index is 5.83. The summed E-state index contributed by atoms with van der Waals surface area (Å²) in [6.45, 7) is 0. The maximum atomic E-state index is 5.83. The molecule has 0 fully saturated rings. The average Bonchev–Trinajstić information content (AvgIpc) is 2.66. The first-order chi connectivity index (χ1) is 6.79. The van der Waals surface area contributed by atoms with Gasteiger partial charge >= 0.3 is 6.01 Å². The highest BCUT2D eigenvalue weighted by atomic mass is 35.5. The number of benzene rings is 1. The Bertz CT molecular complexity index is 441. The van der Waals surface area contributed by atoms with Crippen LogP contribution in [0, 0.1) is 0 Å². The second-order valence-electron chi connectivity index (χ2n) is 2.68. The minimum absolute atomic E-state index is 0.389. The zero-order chi connectivity index (χ0) is 9.97. The van der Waals surface area contributed by atoms with Crippen LogP contribution in [0.2, 0.25) is 5.02 Å². The molecule has 0 aliphatic rings. The van der Waals surface area contributed by atoms with Crippen LogP contribution in [-0.2, 0) is 0 Å². The van der Waals surface area contributed by atoms with E-state index in [2.05, 4.69) is 15.5 Å². The molecule has 14 heavy (non-hydrogen) atoms. The van der Waals surface area contributed by atoms with Gasteiger partial charge in [-0.2, -0.15) is 4.98 Å². The number of anilines is 1. The molecular weight excluding hydrogens is 202 g/mol. The molecule has 4 nitrogen and oxygen atoms in total. The quantitative estimate of drug-likeness (QED) is 0.826. The van der Waals surface area contributed by atoms with E-state index in [0.717, 1.165) is 5.56 Å². The Hall–Kier alpha value is -1.55. The van der Waals surface area contributed by atoms with Gasteiger partial charge in [0.15, 0.2) is 0 Å². The van der Waals surface area contributed by atoms with E-state index in [1.807, 2.05) is 12.1 Å². The maximum Gasteiger partial charge on any atom is 0.321 e. The van der Waals surface area contributed by atoms with Crippen LogP contribution < -0.4 is 5.32 Å². The molecule has 0 spiro atoms. The van der Waals surface area contributed by atoms with E-state index in [9.17, 15) is 0 Å². The summed E-state index contributed by atoms with van der Waals surface area (Å²) in [6.07, 6.45) is 0. The van der Waals surface area contributed by atoms with E-state index in [4.69, 9.17) is 16.1 Å². The number of halogens is 1. The van der Waals surface area contributed by atoms with Crippen molar-refractivity contribution in [3.63, 3.8) is 0 Å². The Balaban J connectivity index is 2.39. The standard InChI is InChI=1S/C9H8ClN3O/c1-11-9-12-8(13-14-9)6-3-2-4-7(10)5-6/h2-5H,1H3,(H,11,12,13). The molecule has 72 valence electrons. The van der Waals surface area contributed by atoms with E-state index in [0.29, 0.717) is 16.9 Å². The first-order valence-electron chi connectivity index (χ1n) is 4.07. The highest BCUT2D eigenvalue weighted by molar-refractivity contribution is 6.30. The van der Waals surface area contributed by atoms with Gasteiger partial charge in [-0.25, -0.2) is 0 Å². The Labute approximate surface area is 85.9 Å². The molecular formula is C9H8ClN3O. The zero-order valence-electron chi connectivity index (χ0n) is 7.49. The van der Waals surface area contributed by atoms with E-state index < -0.39 is 0 Å². The highest BCUT2D eigenvalue weighted by Gasteiger charge is 2.06. The molecule has 1 aromatic carbocycles. The average molecular weight is 210 g/mol. The lowest BCUT2D eigenvalue weighted by molar-refractivity contribution is 0.434. The largest absolute Gasteiger partial charge is 0.341 e. The van der Waals surface area contributed by atoms with Crippen molar-refractivity contribution in [2.45, 2.75) is 0 Å². The molecule has 0 bridgehead atoms. The van der Waals surface area contributed by atoms with Gasteiger partial charge in [0.2, 0.25) is 5.82 Å². The number of hydrogen-bond acceptors (Lipinski definition) is 4. The van der Waals surface area contributed by atoms with Gasteiger partial charge in [0.1, 0.15) is 0 Å². The van der Waals surface area contributed by atoms with Gasteiger partial charge in [-0.05, 0) is 12.1 Å². The van der Waals surface area contributed by atoms with Gasteiger partial charge in [-0.3, -0.25) is 0 Å². The van der Waals surface area contributed by atoms with Crippen LogP contribution in [0.15, 0.2) is 28.8 Å². The molecule has 0 atom stereocenters. The molecule has 0 unspecified atom stereocenters. The molecule has 0 aliphatic carbocycles. The molecule has 0 aliphatic heterocycles. The molecule has 1 heterocycles. The Morgan fingerprint density at radius 2 is 2.29 bits per heavy atom. The third-order valence-corrected chi connectivity index (χ3v) is 1.96. The van der Waals surface area contributed by atoms with Crippen LogP contribution in [0.1, 0.15) is 0 Å². The van der Waals surface area contributed by atoms with Gasteiger partial charge in [-0.15, -0.1) is 0 Å². The third kappa shape index (κ3) is 1.70. The molecule has 2 rings (SSSR count). The van der Waals surface area contributed by atoms with Gasteiger partial charge in [0.05, 0.1) is 0 Å². The number of rotatable bonds is 2. The van der Waals surface area contributed by atoms with Crippen LogP contribution >= 0.6 is 11.6 Å². The summed E-state index contributed by atoms with van der Waals surface area (Å²) in [5.41, 5.74) is 0.836. The minimum Gasteiger partial charge on any atom is -0.341 e. The fourth-order valence-electron chi connectivity index (χ4n) is 1.07. The lowest BCUT2D eigenvalue weighted by Crippen LogP contribution is -1.86. The highest BCUT2D eigenvalue weighted by Crippen LogP contribution is 2.20. The molecule has 0 saturated heterocycles. The van der Waals surface area contributed by atoms with Crippen molar-refractivity contribution in [3.05, 3.63) is 29.3 Å².